The summed E-state index contributed by atoms with van der Waals surface area (Å²) in [5, 5.41) is 15.9. The molecule has 1 aromatic carbocycles. The van der Waals surface area contributed by atoms with Crippen molar-refractivity contribution in [1.29, 1.82) is 5.26 Å². The van der Waals surface area contributed by atoms with Crippen molar-refractivity contribution >= 4 is 11.9 Å². The number of hydrogen-bond donors (Lipinski definition) is 1. The number of nitrogens with zero attached hydrogens (tertiary/aromatic N) is 3. The zero-order valence-electron chi connectivity index (χ0n) is 12.8. The van der Waals surface area contributed by atoms with Gasteiger partial charge in [-0.3, -0.25) is 5.32 Å². The van der Waals surface area contributed by atoms with Crippen molar-refractivity contribution < 1.29 is 9.53 Å². The summed E-state index contributed by atoms with van der Waals surface area (Å²) in [6.07, 6.45) is 0.814. The lowest BCUT2D eigenvalue weighted by molar-refractivity contribution is 0.0634. The van der Waals surface area contributed by atoms with Crippen LogP contribution in [0.4, 0.5) is 10.6 Å². The highest BCUT2D eigenvalue weighted by Gasteiger charge is 2.19. The molecule has 1 aromatic heterocycles. The molecule has 0 unspecified atom stereocenters. The molecular weight excluding hydrogens is 280 g/mol. The smallest absolute Gasteiger partial charge is 0.413 e. The number of nitriles is 1. The summed E-state index contributed by atoms with van der Waals surface area (Å²) in [7, 11) is 0. The van der Waals surface area contributed by atoms with Gasteiger partial charge in [0.05, 0.1) is 12.7 Å². The van der Waals surface area contributed by atoms with Crippen molar-refractivity contribution in [3.05, 3.63) is 47.7 Å². The molecule has 0 radical (unpaired) electrons. The molecule has 2 rings (SSSR count). The highest BCUT2D eigenvalue weighted by molar-refractivity contribution is 5.85. The zero-order valence-corrected chi connectivity index (χ0v) is 12.8. The summed E-state index contributed by atoms with van der Waals surface area (Å²) >= 11 is 0. The Bertz CT molecular complexity index is 693. The minimum Gasteiger partial charge on any atom is -0.444 e. The molecule has 0 atom stereocenters. The third-order valence-electron chi connectivity index (χ3n) is 2.75. The number of rotatable bonds is 3. The zero-order chi connectivity index (χ0) is 16.2. The van der Waals surface area contributed by atoms with Crippen LogP contribution in [0.15, 0.2) is 36.5 Å². The van der Waals surface area contributed by atoms with Gasteiger partial charge in [0, 0.05) is 0 Å². The topological polar surface area (TPSA) is 79.9 Å². The normalized spacial score (nSPS) is 10.8. The van der Waals surface area contributed by atoms with Gasteiger partial charge < -0.3 is 4.74 Å². The van der Waals surface area contributed by atoms with E-state index in [0.29, 0.717) is 17.9 Å². The molecule has 0 aliphatic carbocycles. The lowest BCUT2D eigenvalue weighted by Crippen LogP contribution is -2.28. The molecule has 0 fully saturated rings. The highest BCUT2D eigenvalue weighted by atomic mass is 16.6. The molecule has 1 N–H and O–H groups in total. The molecular formula is C16H18N4O2. The van der Waals surface area contributed by atoms with Crippen LogP contribution in [0.3, 0.4) is 0 Å². The van der Waals surface area contributed by atoms with Gasteiger partial charge in [0.1, 0.15) is 17.2 Å². The molecule has 0 saturated heterocycles. The van der Waals surface area contributed by atoms with Gasteiger partial charge in [-0.15, -0.1) is 0 Å². The molecule has 114 valence electrons. The fourth-order valence-corrected chi connectivity index (χ4v) is 1.88. The second kappa shape index (κ2) is 6.31. The van der Waals surface area contributed by atoms with Crippen molar-refractivity contribution in [2.24, 2.45) is 0 Å². The van der Waals surface area contributed by atoms with Gasteiger partial charge in [0.15, 0.2) is 5.82 Å². The molecule has 0 aliphatic rings. The van der Waals surface area contributed by atoms with Crippen LogP contribution in [0.1, 0.15) is 31.9 Å². The van der Waals surface area contributed by atoms with Crippen LogP contribution in [0.2, 0.25) is 0 Å². The number of benzene rings is 1. The third kappa shape index (κ3) is 4.09. The third-order valence-corrected chi connectivity index (χ3v) is 2.75. The van der Waals surface area contributed by atoms with Crippen molar-refractivity contribution in [3.8, 4) is 6.07 Å². The van der Waals surface area contributed by atoms with E-state index in [1.807, 2.05) is 36.4 Å². The average molecular weight is 298 g/mol. The van der Waals surface area contributed by atoms with Gasteiger partial charge in [-0.1, -0.05) is 30.3 Å². The van der Waals surface area contributed by atoms with E-state index in [9.17, 15) is 4.79 Å². The predicted molar refractivity (Wildman–Crippen MR) is 82.3 cm³/mol. The molecule has 1 heterocycles. The summed E-state index contributed by atoms with van der Waals surface area (Å²) in [4.78, 5) is 11.9. The Morgan fingerprint density at radius 3 is 2.64 bits per heavy atom. The first kappa shape index (κ1) is 15.6. The van der Waals surface area contributed by atoms with E-state index in [-0.39, 0.29) is 0 Å². The van der Waals surface area contributed by atoms with Crippen molar-refractivity contribution in [2.45, 2.75) is 32.9 Å². The summed E-state index contributed by atoms with van der Waals surface area (Å²) in [6, 6.07) is 11.7. The lowest BCUT2D eigenvalue weighted by atomic mass is 10.2. The van der Waals surface area contributed by atoms with Crippen LogP contribution < -0.4 is 5.32 Å². The van der Waals surface area contributed by atoms with E-state index < -0.39 is 11.7 Å². The SMILES string of the molecule is CC(C)(C)OC(=O)Nc1c(C#N)cnn1Cc1ccccc1. The number of carbonyl (C=O) groups excluding carboxylic acids is 1. The Morgan fingerprint density at radius 2 is 2.05 bits per heavy atom. The molecule has 0 aliphatic heterocycles. The Kier molecular flexibility index (Phi) is 4.47. The summed E-state index contributed by atoms with van der Waals surface area (Å²) < 4.78 is 6.78. The minimum absolute atomic E-state index is 0.293. The van der Waals surface area contributed by atoms with Gasteiger partial charge in [-0.2, -0.15) is 10.4 Å². The maximum absolute atomic E-state index is 11.9. The molecule has 0 bridgehead atoms. The van der Waals surface area contributed by atoms with Crippen LogP contribution >= 0.6 is 0 Å². The quantitative estimate of drug-likeness (QED) is 0.944. The average Bonchev–Trinajstić information content (AvgIpc) is 2.80. The van der Waals surface area contributed by atoms with Gasteiger partial charge >= 0.3 is 6.09 Å². The Morgan fingerprint density at radius 1 is 1.36 bits per heavy atom. The number of ether oxygens (including phenoxy) is 1. The Balaban J connectivity index is 2.21. The fourth-order valence-electron chi connectivity index (χ4n) is 1.88. The monoisotopic (exact) mass is 298 g/mol. The molecule has 22 heavy (non-hydrogen) atoms. The van der Waals surface area contributed by atoms with Crippen LogP contribution in [0, 0.1) is 11.3 Å². The molecule has 6 heteroatoms. The maximum Gasteiger partial charge on any atom is 0.413 e. The fraction of sp³-hybridized carbons (Fsp3) is 0.312. The largest absolute Gasteiger partial charge is 0.444 e. The first-order valence-corrected chi connectivity index (χ1v) is 6.89. The van der Waals surface area contributed by atoms with Gasteiger partial charge in [0.2, 0.25) is 0 Å². The molecule has 0 saturated carbocycles. The van der Waals surface area contributed by atoms with Gasteiger partial charge in [-0.05, 0) is 26.3 Å². The van der Waals surface area contributed by atoms with Crippen molar-refractivity contribution in [1.82, 2.24) is 9.78 Å². The number of aromatic nitrogens is 2. The summed E-state index contributed by atoms with van der Waals surface area (Å²) in [5.74, 6) is 0.334. The number of hydrogen-bond acceptors (Lipinski definition) is 4. The highest BCUT2D eigenvalue weighted by Crippen LogP contribution is 2.18. The second-order valence-corrected chi connectivity index (χ2v) is 5.79. The molecule has 1 amide bonds. The predicted octanol–water partition coefficient (Wildman–Crippen LogP) is 3.15. The van der Waals surface area contributed by atoms with E-state index in [2.05, 4.69) is 10.4 Å². The number of anilines is 1. The van der Waals surface area contributed by atoms with Crippen LogP contribution in [-0.4, -0.2) is 21.5 Å². The molecule has 6 nitrogen and oxygen atoms in total. The first-order valence-electron chi connectivity index (χ1n) is 6.89. The maximum atomic E-state index is 11.9. The Hall–Kier alpha value is -2.81. The standard InChI is InChI=1S/C16H18N4O2/c1-16(2,3)22-15(21)19-14-13(9-17)10-18-20(14)11-12-7-5-4-6-8-12/h4-8,10H,11H2,1-3H3,(H,19,21). The van der Waals surface area contributed by atoms with Crippen LogP contribution in [0.25, 0.3) is 0 Å². The Labute approximate surface area is 129 Å². The number of amides is 1. The van der Waals surface area contributed by atoms with Crippen LogP contribution in [0.5, 0.6) is 0 Å². The number of carbonyl (C=O) groups is 1. The lowest BCUT2D eigenvalue weighted by Gasteiger charge is -2.20. The minimum atomic E-state index is -0.612. The second-order valence-electron chi connectivity index (χ2n) is 5.79. The van der Waals surface area contributed by atoms with Crippen molar-refractivity contribution in [3.63, 3.8) is 0 Å². The summed E-state index contributed by atoms with van der Waals surface area (Å²) in [6.45, 7) is 5.78. The van der Waals surface area contributed by atoms with Crippen LogP contribution in [-0.2, 0) is 11.3 Å². The first-order chi connectivity index (χ1) is 10.4. The van der Waals surface area contributed by atoms with E-state index >= 15 is 0 Å². The van der Waals surface area contributed by atoms with Gasteiger partial charge in [-0.25, -0.2) is 9.48 Å². The van der Waals surface area contributed by atoms with E-state index in [1.165, 1.54) is 6.20 Å². The van der Waals surface area contributed by atoms with E-state index in [0.717, 1.165) is 5.56 Å². The molecule has 2 aromatic rings. The van der Waals surface area contributed by atoms with E-state index in [1.54, 1.807) is 25.5 Å². The molecule has 0 spiro atoms. The number of nitrogens with one attached hydrogen (secondary N) is 1. The summed E-state index contributed by atoms with van der Waals surface area (Å²) in [5.41, 5.74) is 0.699. The van der Waals surface area contributed by atoms with Gasteiger partial charge in [0.25, 0.3) is 0 Å². The van der Waals surface area contributed by atoms with E-state index in [4.69, 9.17) is 10.00 Å². The van der Waals surface area contributed by atoms with Crippen molar-refractivity contribution in [2.75, 3.05) is 5.32 Å².